The average Bonchev–Trinajstić information content (AvgIpc) is 3.20. The number of nitrogens with zero attached hydrogens (tertiary/aromatic N) is 3. The van der Waals surface area contributed by atoms with Crippen molar-refractivity contribution in [2.45, 2.75) is 18.9 Å². The van der Waals surface area contributed by atoms with Crippen molar-refractivity contribution in [1.82, 2.24) is 25.4 Å². The van der Waals surface area contributed by atoms with Gasteiger partial charge in [-0.25, -0.2) is 0 Å². The van der Waals surface area contributed by atoms with Crippen LogP contribution in [0.3, 0.4) is 0 Å². The number of amides is 3. The van der Waals surface area contributed by atoms with Crippen LogP contribution in [0.25, 0.3) is 0 Å². The first-order chi connectivity index (χ1) is 15.9. The topological polar surface area (TPSA) is 120 Å². The van der Waals surface area contributed by atoms with Crippen molar-refractivity contribution < 1.29 is 14.4 Å². The molecule has 0 aliphatic carbocycles. The number of piperidine rings is 1. The number of carbonyl (C=O) groups is 3. The molecule has 1 fully saturated rings. The first kappa shape index (κ1) is 22.9. The van der Waals surface area contributed by atoms with Crippen LogP contribution in [0.5, 0.6) is 0 Å². The number of H-pyrrole nitrogens is 1. The summed E-state index contributed by atoms with van der Waals surface area (Å²) in [5, 5.41) is 12.6. The zero-order chi connectivity index (χ0) is 23.4. The predicted molar refractivity (Wildman–Crippen MR) is 126 cm³/mol. The van der Waals surface area contributed by atoms with Crippen LogP contribution in [-0.4, -0.2) is 56.9 Å². The van der Waals surface area contributed by atoms with E-state index in [9.17, 15) is 14.4 Å². The Bertz CT molecular complexity index is 1180. The molecule has 9 nitrogen and oxygen atoms in total. The van der Waals surface area contributed by atoms with Crippen molar-refractivity contribution >= 4 is 51.1 Å². The van der Waals surface area contributed by atoms with Gasteiger partial charge in [0.05, 0.1) is 15.1 Å². The SMILES string of the molecule is O=C(Nc1[nH]nc(C(=O)NC2CCN(C(=O)c3ccncc3)CC2)c1Br)c1ccccc1Cl. The minimum atomic E-state index is -0.428. The molecule has 3 amide bonds. The van der Waals surface area contributed by atoms with Crippen LogP contribution in [0.15, 0.2) is 53.3 Å². The van der Waals surface area contributed by atoms with Gasteiger partial charge in [-0.15, -0.1) is 0 Å². The fourth-order valence-electron chi connectivity index (χ4n) is 3.55. The van der Waals surface area contributed by atoms with Gasteiger partial charge in [0.1, 0.15) is 5.82 Å². The number of halogens is 2. The van der Waals surface area contributed by atoms with Crippen LogP contribution in [-0.2, 0) is 0 Å². The molecule has 1 saturated heterocycles. The van der Waals surface area contributed by atoms with E-state index in [1.54, 1.807) is 53.7 Å². The highest BCUT2D eigenvalue weighted by Crippen LogP contribution is 2.26. The van der Waals surface area contributed by atoms with Crippen LogP contribution in [0, 0.1) is 0 Å². The highest BCUT2D eigenvalue weighted by molar-refractivity contribution is 9.10. The summed E-state index contributed by atoms with van der Waals surface area (Å²) >= 11 is 9.39. The van der Waals surface area contributed by atoms with Gasteiger partial charge >= 0.3 is 0 Å². The smallest absolute Gasteiger partial charge is 0.273 e. The number of rotatable bonds is 5. The number of likely N-dealkylation sites (tertiary alicyclic amines) is 1. The van der Waals surface area contributed by atoms with Gasteiger partial charge in [-0.1, -0.05) is 23.7 Å². The summed E-state index contributed by atoms with van der Waals surface area (Å²) in [4.78, 5) is 43.5. The number of hydrogen-bond acceptors (Lipinski definition) is 5. The Morgan fingerprint density at radius 3 is 2.45 bits per heavy atom. The molecule has 0 atom stereocenters. The molecule has 170 valence electrons. The van der Waals surface area contributed by atoms with E-state index in [0.29, 0.717) is 46.6 Å². The lowest BCUT2D eigenvalue weighted by Crippen LogP contribution is -2.46. The third-order valence-electron chi connectivity index (χ3n) is 5.32. The van der Waals surface area contributed by atoms with Crippen molar-refractivity contribution in [3.8, 4) is 0 Å². The molecule has 2 aromatic heterocycles. The fourth-order valence-corrected chi connectivity index (χ4v) is 4.22. The first-order valence-corrected chi connectivity index (χ1v) is 11.4. The third kappa shape index (κ3) is 5.23. The molecule has 3 aromatic rings. The molecule has 3 heterocycles. The van der Waals surface area contributed by atoms with Crippen molar-refractivity contribution in [1.29, 1.82) is 0 Å². The van der Waals surface area contributed by atoms with Gasteiger partial charge in [-0.3, -0.25) is 24.5 Å². The molecule has 0 radical (unpaired) electrons. The van der Waals surface area contributed by atoms with Crippen LogP contribution in [0.1, 0.15) is 44.0 Å². The van der Waals surface area contributed by atoms with Crippen LogP contribution in [0.4, 0.5) is 5.82 Å². The van der Waals surface area contributed by atoms with Crippen molar-refractivity contribution in [3.05, 3.63) is 75.1 Å². The maximum Gasteiger partial charge on any atom is 0.273 e. The van der Waals surface area contributed by atoms with E-state index < -0.39 is 5.91 Å². The quantitative estimate of drug-likeness (QED) is 0.465. The van der Waals surface area contributed by atoms with Crippen molar-refractivity contribution in [2.75, 3.05) is 18.4 Å². The maximum absolute atomic E-state index is 12.7. The number of pyridine rings is 1. The summed E-state index contributed by atoms with van der Waals surface area (Å²) in [6, 6.07) is 9.93. The Morgan fingerprint density at radius 1 is 1.06 bits per heavy atom. The van der Waals surface area contributed by atoms with Crippen LogP contribution in [0.2, 0.25) is 5.02 Å². The molecule has 1 aromatic carbocycles. The van der Waals surface area contributed by atoms with Gasteiger partial charge in [-0.2, -0.15) is 5.10 Å². The number of carbonyl (C=O) groups excluding carboxylic acids is 3. The molecule has 0 unspecified atom stereocenters. The third-order valence-corrected chi connectivity index (χ3v) is 6.43. The number of benzene rings is 1. The van der Waals surface area contributed by atoms with E-state index in [1.807, 2.05) is 0 Å². The lowest BCUT2D eigenvalue weighted by molar-refractivity contribution is 0.0697. The maximum atomic E-state index is 12.7. The van der Waals surface area contributed by atoms with Gasteiger partial charge in [0.15, 0.2) is 5.69 Å². The molecule has 4 rings (SSSR count). The van der Waals surface area contributed by atoms with Crippen molar-refractivity contribution in [2.24, 2.45) is 0 Å². The van der Waals surface area contributed by atoms with Crippen LogP contribution >= 0.6 is 27.5 Å². The minimum absolute atomic E-state index is 0.0453. The van der Waals surface area contributed by atoms with Gasteiger partial charge < -0.3 is 15.5 Å². The minimum Gasteiger partial charge on any atom is -0.348 e. The zero-order valence-electron chi connectivity index (χ0n) is 17.3. The van der Waals surface area contributed by atoms with Gasteiger partial charge in [0.25, 0.3) is 17.7 Å². The Hall–Kier alpha value is -3.24. The molecule has 1 aliphatic rings. The van der Waals surface area contributed by atoms with Gasteiger partial charge in [0, 0.05) is 37.1 Å². The van der Waals surface area contributed by atoms with E-state index in [1.165, 1.54) is 0 Å². The van der Waals surface area contributed by atoms with E-state index in [2.05, 4.69) is 41.7 Å². The number of aromatic nitrogens is 3. The molecule has 11 heteroatoms. The summed E-state index contributed by atoms with van der Waals surface area (Å²) in [6.45, 7) is 1.07. The largest absolute Gasteiger partial charge is 0.348 e. The number of anilines is 1. The average molecular weight is 532 g/mol. The molecule has 3 N–H and O–H groups in total. The molecular formula is C22H20BrClN6O3. The van der Waals surface area contributed by atoms with Crippen LogP contribution < -0.4 is 10.6 Å². The molecule has 1 aliphatic heterocycles. The second-order valence-electron chi connectivity index (χ2n) is 7.47. The van der Waals surface area contributed by atoms with Gasteiger partial charge in [-0.05, 0) is 53.0 Å². The Balaban J connectivity index is 1.33. The molecular weight excluding hydrogens is 512 g/mol. The summed E-state index contributed by atoms with van der Waals surface area (Å²) < 4.78 is 0.339. The molecule has 0 saturated carbocycles. The van der Waals surface area contributed by atoms with E-state index in [0.717, 1.165) is 0 Å². The second-order valence-corrected chi connectivity index (χ2v) is 8.67. The second kappa shape index (κ2) is 10.1. The Morgan fingerprint density at radius 2 is 1.76 bits per heavy atom. The van der Waals surface area contributed by atoms with E-state index in [-0.39, 0.29) is 29.4 Å². The summed E-state index contributed by atoms with van der Waals surface area (Å²) in [5.74, 6) is -0.600. The Labute approximate surface area is 203 Å². The monoisotopic (exact) mass is 530 g/mol. The van der Waals surface area contributed by atoms with Gasteiger partial charge in [0.2, 0.25) is 0 Å². The molecule has 0 bridgehead atoms. The number of nitrogens with one attached hydrogen (secondary N) is 3. The summed E-state index contributed by atoms with van der Waals surface area (Å²) in [7, 11) is 0. The van der Waals surface area contributed by atoms with Crippen molar-refractivity contribution in [3.63, 3.8) is 0 Å². The predicted octanol–water partition coefficient (Wildman–Crippen LogP) is 3.51. The standard InChI is InChI=1S/C22H20BrClN6O3/c23-17-18(28-29-19(17)27-20(31)15-3-1-2-4-16(15)24)21(32)26-14-7-11-30(12-8-14)22(33)13-5-9-25-10-6-13/h1-6,9-10,14H,7-8,11-12H2,(H,26,32)(H2,27,28,29,31). The normalized spacial score (nSPS) is 14.1. The zero-order valence-corrected chi connectivity index (χ0v) is 19.7. The fraction of sp³-hybridized carbons (Fsp3) is 0.227. The summed E-state index contributed by atoms with van der Waals surface area (Å²) in [5.41, 5.74) is 1.03. The lowest BCUT2D eigenvalue weighted by Gasteiger charge is -2.32. The highest BCUT2D eigenvalue weighted by Gasteiger charge is 2.27. The number of aromatic amines is 1. The highest BCUT2D eigenvalue weighted by atomic mass is 79.9. The van der Waals surface area contributed by atoms with E-state index in [4.69, 9.17) is 11.6 Å². The summed E-state index contributed by atoms with van der Waals surface area (Å²) in [6.07, 6.45) is 4.43. The number of hydrogen-bond donors (Lipinski definition) is 3. The first-order valence-electron chi connectivity index (χ1n) is 10.2. The lowest BCUT2D eigenvalue weighted by atomic mass is 10.0. The Kier molecular flexibility index (Phi) is 7.05. The molecule has 0 spiro atoms. The van der Waals surface area contributed by atoms with E-state index >= 15 is 0 Å². The molecule has 33 heavy (non-hydrogen) atoms.